The van der Waals surface area contributed by atoms with Crippen molar-refractivity contribution in [3.05, 3.63) is 59.7 Å². The summed E-state index contributed by atoms with van der Waals surface area (Å²) in [7, 11) is -2.15. The molecule has 22 heavy (non-hydrogen) atoms. The number of rotatable bonds is 2. The largest absolute Gasteiger partial charge is 0.508 e. The lowest BCUT2D eigenvalue weighted by Gasteiger charge is -2.37. The smallest absolute Gasteiger partial charge is 0.243 e. The molecule has 2 aromatic carbocycles. The minimum Gasteiger partial charge on any atom is -0.508 e. The number of hydrogen-bond acceptors (Lipinski definition) is 4. The van der Waals surface area contributed by atoms with Crippen LogP contribution >= 0.6 is 0 Å². The predicted molar refractivity (Wildman–Crippen MR) is 81.9 cm³/mol. The Morgan fingerprint density at radius 1 is 1.14 bits per heavy atom. The number of likely N-dealkylation sites (N-methyl/N-ethyl adjacent to an activating group) is 1. The Balaban J connectivity index is 2.03. The topological polar surface area (TPSA) is 77.8 Å². The third-order valence-corrected chi connectivity index (χ3v) is 6.04. The standard InChI is InChI=1S/C16H17NO4S/c1-17-14(10-11-5-4-6-12(18)9-11)16(19)13-7-2-3-8-15(13)22(17,20)21/h2-9,14,16,18-19H,10H2,1H3/t14-,16-/m1/s1. The molecule has 0 aliphatic carbocycles. The van der Waals surface area contributed by atoms with E-state index in [1.807, 2.05) is 0 Å². The summed E-state index contributed by atoms with van der Waals surface area (Å²) >= 11 is 0. The lowest BCUT2D eigenvalue weighted by Crippen LogP contribution is -2.46. The zero-order valence-electron chi connectivity index (χ0n) is 12.0. The molecule has 0 amide bonds. The first-order chi connectivity index (χ1) is 10.4. The van der Waals surface area contributed by atoms with Crippen molar-refractivity contribution in [2.24, 2.45) is 0 Å². The Kier molecular flexibility index (Phi) is 3.68. The highest BCUT2D eigenvalue weighted by Crippen LogP contribution is 2.37. The zero-order chi connectivity index (χ0) is 15.9. The first-order valence-corrected chi connectivity index (χ1v) is 8.38. The van der Waals surface area contributed by atoms with Gasteiger partial charge in [0, 0.05) is 12.6 Å². The zero-order valence-corrected chi connectivity index (χ0v) is 12.9. The van der Waals surface area contributed by atoms with Crippen LogP contribution in [0.2, 0.25) is 0 Å². The van der Waals surface area contributed by atoms with Crippen molar-refractivity contribution in [3.63, 3.8) is 0 Å². The molecule has 0 radical (unpaired) electrons. The summed E-state index contributed by atoms with van der Waals surface area (Å²) < 4.78 is 26.4. The van der Waals surface area contributed by atoms with Gasteiger partial charge < -0.3 is 10.2 Å². The molecule has 0 spiro atoms. The van der Waals surface area contributed by atoms with Crippen LogP contribution in [-0.2, 0) is 16.4 Å². The third-order valence-electron chi connectivity index (χ3n) is 4.08. The van der Waals surface area contributed by atoms with Crippen LogP contribution in [0.15, 0.2) is 53.4 Å². The molecule has 6 heteroatoms. The first kappa shape index (κ1) is 15.0. The van der Waals surface area contributed by atoms with E-state index in [9.17, 15) is 18.6 Å². The molecule has 0 fully saturated rings. The Bertz CT molecular complexity index is 803. The lowest BCUT2D eigenvalue weighted by atomic mass is 9.96. The van der Waals surface area contributed by atoms with Gasteiger partial charge in [-0.2, -0.15) is 4.31 Å². The molecule has 2 N–H and O–H groups in total. The summed E-state index contributed by atoms with van der Waals surface area (Å²) in [5, 5.41) is 20.1. The van der Waals surface area contributed by atoms with Crippen molar-refractivity contribution in [3.8, 4) is 5.75 Å². The van der Waals surface area contributed by atoms with Crippen molar-refractivity contribution in [1.29, 1.82) is 0 Å². The second kappa shape index (κ2) is 5.39. The van der Waals surface area contributed by atoms with Gasteiger partial charge in [-0.15, -0.1) is 0 Å². The van der Waals surface area contributed by atoms with Gasteiger partial charge in [-0.1, -0.05) is 30.3 Å². The van der Waals surface area contributed by atoms with E-state index in [0.717, 1.165) is 5.56 Å². The highest BCUT2D eigenvalue weighted by atomic mass is 32.2. The number of sulfonamides is 1. The monoisotopic (exact) mass is 319 g/mol. The fourth-order valence-electron chi connectivity index (χ4n) is 2.86. The maximum Gasteiger partial charge on any atom is 0.243 e. The molecule has 0 saturated carbocycles. The Morgan fingerprint density at radius 2 is 1.86 bits per heavy atom. The maximum atomic E-state index is 12.6. The van der Waals surface area contributed by atoms with Crippen LogP contribution in [0.1, 0.15) is 17.2 Å². The van der Waals surface area contributed by atoms with Crippen molar-refractivity contribution in [2.45, 2.75) is 23.5 Å². The Hall–Kier alpha value is -1.89. The van der Waals surface area contributed by atoms with Gasteiger partial charge in [-0.3, -0.25) is 0 Å². The van der Waals surface area contributed by atoms with Crippen molar-refractivity contribution < 1.29 is 18.6 Å². The van der Waals surface area contributed by atoms with Crippen LogP contribution in [0.3, 0.4) is 0 Å². The third kappa shape index (κ3) is 2.39. The molecule has 0 saturated heterocycles. The van der Waals surface area contributed by atoms with Gasteiger partial charge in [0.25, 0.3) is 0 Å². The average molecular weight is 319 g/mol. The fourth-order valence-corrected chi connectivity index (χ4v) is 4.46. The Labute approximate surface area is 129 Å². The molecule has 2 atom stereocenters. The van der Waals surface area contributed by atoms with Gasteiger partial charge in [-0.05, 0) is 30.2 Å². The first-order valence-electron chi connectivity index (χ1n) is 6.94. The maximum absolute atomic E-state index is 12.6. The van der Waals surface area contributed by atoms with Crippen LogP contribution < -0.4 is 0 Å². The van der Waals surface area contributed by atoms with Crippen molar-refractivity contribution in [2.75, 3.05) is 7.05 Å². The minimum atomic E-state index is -3.62. The fraction of sp³-hybridized carbons (Fsp3) is 0.250. The summed E-state index contributed by atoms with van der Waals surface area (Å²) in [6.45, 7) is 0. The molecular formula is C16H17NO4S. The molecule has 5 nitrogen and oxygen atoms in total. The Morgan fingerprint density at radius 3 is 2.59 bits per heavy atom. The van der Waals surface area contributed by atoms with Gasteiger partial charge >= 0.3 is 0 Å². The number of aliphatic hydroxyl groups is 1. The van der Waals surface area contributed by atoms with Gasteiger partial charge in [0.1, 0.15) is 5.75 Å². The second-order valence-corrected chi connectivity index (χ2v) is 7.41. The van der Waals surface area contributed by atoms with Gasteiger partial charge in [-0.25, -0.2) is 8.42 Å². The molecule has 0 aromatic heterocycles. The molecule has 1 aliphatic rings. The molecule has 0 unspecified atom stereocenters. The molecule has 2 aromatic rings. The highest BCUT2D eigenvalue weighted by Gasteiger charge is 2.41. The van der Waals surface area contributed by atoms with E-state index in [1.165, 1.54) is 17.4 Å². The summed E-state index contributed by atoms with van der Waals surface area (Å²) in [6.07, 6.45) is -0.591. The quantitative estimate of drug-likeness (QED) is 0.883. The summed E-state index contributed by atoms with van der Waals surface area (Å²) in [5.41, 5.74) is 1.19. The van der Waals surface area contributed by atoms with Gasteiger partial charge in [0.2, 0.25) is 10.0 Å². The van der Waals surface area contributed by atoms with Crippen LogP contribution in [0, 0.1) is 0 Å². The average Bonchev–Trinajstić information content (AvgIpc) is 2.50. The molecular weight excluding hydrogens is 302 g/mol. The van der Waals surface area contributed by atoms with E-state index >= 15 is 0 Å². The molecule has 1 aliphatic heterocycles. The van der Waals surface area contributed by atoms with Crippen molar-refractivity contribution in [1.82, 2.24) is 4.31 Å². The van der Waals surface area contributed by atoms with E-state index in [2.05, 4.69) is 0 Å². The normalized spacial score (nSPS) is 23.9. The second-order valence-electron chi connectivity index (χ2n) is 5.45. The van der Waals surface area contributed by atoms with Gasteiger partial charge in [0.05, 0.1) is 17.0 Å². The number of benzene rings is 2. The van der Waals surface area contributed by atoms with Crippen LogP contribution in [0.4, 0.5) is 0 Å². The lowest BCUT2D eigenvalue weighted by molar-refractivity contribution is 0.0891. The van der Waals surface area contributed by atoms with Gasteiger partial charge in [0.15, 0.2) is 0 Å². The van der Waals surface area contributed by atoms with E-state index in [4.69, 9.17) is 0 Å². The number of aliphatic hydroxyl groups excluding tert-OH is 1. The number of aromatic hydroxyl groups is 1. The van der Waals surface area contributed by atoms with E-state index in [0.29, 0.717) is 12.0 Å². The summed E-state index contributed by atoms with van der Waals surface area (Å²) in [4.78, 5) is 0.150. The number of phenolic OH excluding ortho intramolecular Hbond substituents is 1. The molecule has 1 heterocycles. The van der Waals surface area contributed by atoms with Crippen LogP contribution in [-0.4, -0.2) is 36.0 Å². The van der Waals surface area contributed by atoms with E-state index < -0.39 is 22.2 Å². The number of nitrogens with zero attached hydrogens (tertiary/aromatic N) is 1. The number of hydrogen-bond donors (Lipinski definition) is 2. The highest BCUT2D eigenvalue weighted by molar-refractivity contribution is 7.89. The molecule has 116 valence electrons. The molecule has 3 rings (SSSR count). The van der Waals surface area contributed by atoms with Crippen LogP contribution in [0.5, 0.6) is 5.75 Å². The minimum absolute atomic E-state index is 0.119. The van der Waals surface area contributed by atoms with E-state index in [-0.39, 0.29) is 10.6 Å². The number of fused-ring (bicyclic) bond motifs is 1. The van der Waals surface area contributed by atoms with Crippen LogP contribution in [0.25, 0.3) is 0 Å². The predicted octanol–water partition coefficient (Wildman–Crippen LogP) is 1.67. The SMILES string of the molecule is CN1[C@H](Cc2cccc(O)c2)[C@H](O)c2ccccc2S1(=O)=O. The molecule has 0 bridgehead atoms. The van der Waals surface area contributed by atoms with E-state index in [1.54, 1.807) is 42.5 Å². The van der Waals surface area contributed by atoms with Crippen molar-refractivity contribution >= 4 is 10.0 Å². The number of phenols is 1. The summed E-state index contributed by atoms with van der Waals surface area (Å²) in [5.74, 6) is 0.119. The summed E-state index contributed by atoms with van der Waals surface area (Å²) in [6, 6.07) is 12.5.